The van der Waals surface area contributed by atoms with Gasteiger partial charge in [0.25, 0.3) is 0 Å². The van der Waals surface area contributed by atoms with E-state index in [9.17, 15) is 4.79 Å². The monoisotopic (exact) mass is 416 g/mol. The Bertz CT molecular complexity index is 1140. The second-order valence-electron chi connectivity index (χ2n) is 7.55. The highest BCUT2D eigenvalue weighted by molar-refractivity contribution is 5.73. The van der Waals surface area contributed by atoms with E-state index in [1.54, 1.807) is 23.7 Å². The summed E-state index contributed by atoms with van der Waals surface area (Å²) in [7, 11) is 0. The normalized spacial score (nSPS) is 13.7. The van der Waals surface area contributed by atoms with E-state index in [4.69, 9.17) is 10.2 Å². The third-order valence-corrected chi connectivity index (χ3v) is 5.24. The van der Waals surface area contributed by atoms with E-state index in [0.29, 0.717) is 43.5 Å². The van der Waals surface area contributed by atoms with Gasteiger partial charge in [-0.15, -0.1) is 0 Å². The number of carbonyl (C=O) groups is 1. The molecule has 1 aliphatic heterocycles. The van der Waals surface area contributed by atoms with E-state index < -0.39 is 0 Å². The summed E-state index contributed by atoms with van der Waals surface area (Å²) < 4.78 is 1.80. The number of hydrogen-bond donors (Lipinski definition) is 1. The first kappa shape index (κ1) is 20.3. The molecule has 0 unspecified atom stereocenters. The van der Waals surface area contributed by atoms with E-state index in [0.717, 1.165) is 22.9 Å². The lowest BCUT2D eigenvalue weighted by atomic mass is 10.2. The lowest BCUT2D eigenvalue weighted by molar-refractivity contribution is -0.129. The van der Waals surface area contributed by atoms with Crippen molar-refractivity contribution in [1.29, 1.82) is 5.26 Å². The molecule has 1 N–H and O–H groups in total. The first-order chi connectivity index (χ1) is 14.9. The van der Waals surface area contributed by atoms with Crippen LogP contribution < -0.4 is 10.2 Å². The van der Waals surface area contributed by atoms with Crippen LogP contribution in [0.1, 0.15) is 23.9 Å². The number of nitrogens with zero attached hydrogens (tertiary/aromatic N) is 7. The number of piperazine rings is 1. The Labute approximate surface area is 180 Å². The average Bonchev–Trinajstić information content (AvgIpc) is 3.12. The van der Waals surface area contributed by atoms with Crippen molar-refractivity contribution in [3.8, 4) is 11.9 Å². The van der Waals surface area contributed by atoms with Crippen LogP contribution in [0.3, 0.4) is 0 Å². The first-order valence-corrected chi connectivity index (χ1v) is 10.1. The Morgan fingerprint density at radius 2 is 1.71 bits per heavy atom. The lowest BCUT2D eigenvalue weighted by Crippen LogP contribution is -2.48. The highest BCUT2D eigenvalue weighted by Gasteiger charge is 2.21. The van der Waals surface area contributed by atoms with Gasteiger partial charge < -0.3 is 15.1 Å². The van der Waals surface area contributed by atoms with Crippen LogP contribution in [0.25, 0.3) is 5.82 Å². The fraction of sp³-hybridized carbons (Fsp3) is 0.318. The van der Waals surface area contributed by atoms with Gasteiger partial charge in [-0.05, 0) is 44.2 Å². The maximum Gasteiger partial charge on any atom is 0.231 e. The molecule has 0 atom stereocenters. The molecular formula is C22H24N8O. The van der Waals surface area contributed by atoms with Crippen LogP contribution >= 0.6 is 0 Å². The molecule has 0 bridgehead atoms. The summed E-state index contributed by atoms with van der Waals surface area (Å²) in [5.41, 5.74) is 3.27. The molecule has 1 aliphatic rings. The van der Waals surface area contributed by atoms with Gasteiger partial charge in [-0.2, -0.15) is 20.3 Å². The molecule has 3 heterocycles. The number of rotatable bonds is 4. The van der Waals surface area contributed by atoms with Gasteiger partial charge in [0.1, 0.15) is 5.82 Å². The summed E-state index contributed by atoms with van der Waals surface area (Å²) in [5.74, 6) is 1.98. The number of nitriles is 1. The van der Waals surface area contributed by atoms with E-state index in [-0.39, 0.29) is 5.91 Å². The first-order valence-electron chi connectivity index (χ1n) is 10.1. The quantitative estimate of drug-likeness (QED) is 0.697. The highest BCUT2D eigenvalue weighted by Crippen LogP contribution is 2.23. The molecule has 2 aromatic heterocycles. The number of aromatic nitrogens is 4. The number of carbonyl (C=O) groups excluding carboxylic acids is 1. The SMILES string of the molecule is CC(=O)N1CCN(c2cc(-n3nc(C)cc3C)nc(Nc3ccc(C#N)cc3)n2)CC1. The van der Waals surface area contributed by atoms with Gasteiger partial charge in [-0.1, -0.05) is 0 Å². The van der Waals surface area contributed by atoms with E-state index in [2.05, 4.69) is 26.4 Å². The Balaban J connectivity index is 1.68. The zero-order valence-corrected chi connectivity index (χ0v) is 17.8. The van der Waals surface area contributed by atoms with Crippen molar-refractivity contribution in [3.63, 3.8) is 0 Å². The molecule has 1 saturated heterocycles. The minimum atomic E-state index is 0.0915. The fourth-order valence-corrected chi connectivity index (χ4v) is 3.62. The summed E-state index contributed by atoms with van der Waals surface area (Å²) in [6.45, 7) is 8.25. The van der Waals surface area contributed by atoms with Gasteiger partial charge in [0.05, 0.1) is 17.3 Å². The zero-order chi connectivity index (χ0) is 22.0. The second-order valence-corrected chi connectivity index (χ2v) is 7.55. The molecule has 0 saturated carbocycles. The summed E-state index contributed by atoms with van der Waals surface area (Å²) in [5, 5.41) is 16.8. The van der Waals surface area contributed by atoms with Gasteiger partial charge >= 0.3 is 0 Å². The molecule has 0 radical (unpaired) electrons. The molecule has 158 valence electrons. The average molecular weight is 416 g/mol. The molecule has 1 amide bonds. The molecule has 1 fully saturated rings. The summed E-state index contributed by atoms with van der Waals surface area (Å²) >= 11 is 0. The standard InChI is InChI=1S/C22H24N8O/c1-15-12-16(2)30(27-15)21-13-20(29-10-8-28(9-11-29)17(3)31)25-22(26-21)24-19-6-4-18(14-23)5-7-19/h4-7,12-13H,8-11H2,1-3H3,(H,24,25,26). The molecule has 0 aliphatic carbocycles. The van der Waals surface area contributed by atoms with Crippen molar-refractivity contribution in [2.24, 2.45) is 0 Å². The number of amides is 1. The number of benzene rings is 1. The number of anilines is 3. The maximum absolute atomic E-state index is 11.7. The Morgan fingerprint density at radius 3 is 2.29 bits per heavy atom. The van der Waals surface area contributed by atoms with Crippen molar-refractivity contribution in [1.82, 2.24) is 24.6 Å². The van der Waals surface area contributed by atoms with Gasteiger partial charge in [0, 0.05) is 50.6 Å². The largest absolute Gasteiger partial charge is 0.353 e. The zero-order valence-electron chi connectivity index (χ0n) is 17.8. The Hall–Kier alpha value is -3.93. The van der Waals surface area contributed by atoms with Crippen LogP contribution in [-0.2, 0) is 4.79 Å². The molecule has 31 heavy (non-hydrogen) atoms. The van der Waals surface area contributed by atoms with Crippen LogP contribution in [-0.4, -0.2) is 56.7 Å². The van der Waals surface area contributed by atoms with Crippen LogP contribution in [0.4, 0.5) is 17.5 Å². The van der Waals surface area contributed by atoms with Crippen LogP contribution in [0, 0.1) is 25.2 Å². The smallest absolute Gasteiger partial charge is 0.231 e. The molecule has 9 nitrogen and oxygen atoms in total. The lowest BCUT2D eigenvalue weighted by Gasteiger charge is -2.35. The Kier molecular flexibility index (Phi) is 5.54. The summed E-state index contributed by atoms with van der Waals surface area (Å²) in [4.78, 5) is 25.1. The predicted octanol–water partition coefficient (Wildman–Crippen LogP) is 2.56. The van der Waals surface area contributed by atoms with Gasteiger partial charge in [0.2, 0.25) is 11.9 Å². The van der Waals surface area contributed by atoms with Gasteiger partial charge in [-0.25, -0.2) is 4.68 Å². The molecule has 0 spiro atoms. The van der Waals surface area contributed by atoms with Crippen molar-refractivity contribution in [3.05, 3.63) is 53.3 Å². The van der Waals surface area contributed by atoms with Crippen LogP contribution in [0.15, 0.2) is 36.4 Å². The second kappa shape index (κ2) is 8.44. The topological polar surface area (TPSA) is 103 Å². The minimum absolute atomic E-state index is 0.0915. The minimum Gasteiger partial charge on any atom is -0.353 e. The fourth-order valence-electron chi connectivity index (χ4n) is 3.62. The number of aryl methyl sites for hydroxylation is 2. The predicted molar refractivity (Wildman–Crippen MR) is 118 cm³/mol. The summed E-state index contributed by atoms with van der Waals surface area (Å²) in [6.07, 6.45) is 0. The summed E-state index contributed by atoms with van der Waals surface area (Å²) in [6, 6.07) is 13.2. The number of nitrogens with one attached hydrogen (secondary N) is 1. The Morgan fingerprint density at radius 1 is 1.03 bits per heavy atom. The van der Waals surface area contributed by atoms with Crippen molar-refractivity contribution >= 4 is 23.4 Å². The van der Waals surface area contributed by atoms with Crippen molar-refractivity contribution in [2.75, 3.05) is 36.4 Å². The maximum atomic E-state index is 11.7. The van der Waals surface area contributed by atoms with Gasteiger partial charge in [-0.3, -0.25) is 4.79 Å². The molecular weight excluding hydrogens is 392 g/mol. The van der Waals surface area contributed by atoms with E-state index >= 15 is 0 Å². The highest BCUT2D eigenvalue weighted by atomic mass is 16.2. The van der Waals surface area contributed by atoms with E-state index in [1.807, 2.05) is 43.0 Å². The third kappa shape index (κ3) is 4.48. The number of hydrogen-bond acceptors (Lipinski definition) is 7. The van der Waals surface area contributed by atoms with Crippen LogP contribution in [0.2, 0.25) is 0 Å². The molecule has 1 aromatic carbocycles. The van der Waals surface area contributed by atoms with Crippen molar-refractivity contribution < 1.29 is 4.79 Å². The third-order valence-electron chi connectivity index (χ3n) is 5.24. The molecule has 9 heteroatoms. The molecule has 4 rings (SSSR count). The van der Waals surface area contributed by atoms with Crippen LogP contribution in [0.5, 0.6) is 0 Å². The molecule has 3 aromatic rings. The van der Waals surface area contributed by atoms with Crippen molar-refractivity contribution in [2.45, 2.75) is 20.8 Å². The van der Waals surface area contributed by atoms with Gasteiger partial charge in [0.15, 0.2) is 5.82 Å². The van der Waals surface area contributed by atoms with E-state index in [1.165, 1.54) is 0 Å².